The van der Waals surface area contributed by atoms with Crippen molar-refractivity contribution in [3.05, 3.63) is 0 Å². The van der Waals surface area contributed by atoms with Crippen molar-refractivity contribution in [1.29, 1.82) is 0 Å². The molecule has 1 aliphatic heterocycles. The average molecular weight is 247 g/mol. The van der Waals surface area contributed by atoms with E-state index in [-0.39, 0.29) is 0 Å². The lowest BCUT2D eigenvalue weighted by Gasteiger charge is -2.30. The highest BCUT2D eigenvalue weighted by Gasteiger charge is 2.31. The number of piperidine rings is 1. The third kappa shape index (κ3) is 2.96. The Morgan fingerprint density at radius 1 is 1.12 bits per heavy atom. The molecule has 0 aromatic rings. The summed E-state index contributed by atoms with van der Waals surface area (Å²) < 4.78 is 25.7. The van der Waals surface area contributed by atoms with Gasteiger partial charge in [0.1, 0.15) is 0 Å². The van der Waals surface area contributed by atoms with Crippen molar-refractivity contribution >= 4 is 10.0 Å². The SMILES string of the molecule is O=S(=O)(CC1CCCC1)N1CCCC(O)C1. The molecule has 1 unspecified atom stereocenters. The molecule has 1 saturated carbocycles. The van der Waals surface area contributed by atoms with Gasteiger partial charge in [-0.05, 0) is 31.6 Å². The highest BCUT2D eigenvalue weighted by atomic mass is 32.2. The second-order valence-electron chi connectivity index (χ2n) is 5.08. The van der Waals surface area contributed by atoms with Crippen molar-refractivity contribution in [2.45, 2.75) is 44.6 Å². The van der Waals surface area contributed by atoms with E-state index >= 15 is 0 Å². The lowest BCUT2D eigenvalue weighted by molar-refractivity contribution is 0.108. The minimum atomic E-state index is -3.13. The van der Waals surface area contributed by atoms with E-state index in [1.807, 2.05) is 0 Å². The van der Waals surface area contributed by atoms with Crippen molar-refractivity contribution in [3.8, 4) is 0 Å². The first kappa shape index (κ1) is 12.3. The zero-order valence-electron chi connectivity index (χ0n) is 9.64. The van der Waals surface area contributed by atoms with Crippen molar-refractivity contribution < 1.29 is 13.5 Å². The molecule has 1 saturated heterocycles. The number of aliphatic hydroxyl groups excluding tert-OH is 1. The Balaban J connectivity index is 1.94. The molecular weight excluding hydrogens is 226 g/mol. The highest BCUT2D eigenvalue weighted by molar-refractivity contribution is 7.89. The van der Waals surface area contributed by atoms with Gasteiger partial charge in [-0.1, -0.05) is 12.8 Å². The molecule has 0 spiro atoms. The summed E-state index contributed by atoms with van der Waals surface area (Å²) in [6, 6.07) is 0. The number of nitrogens with zero attached hydrogens (tertiary/aromatic N) is 1. The van der Waals surface area contributed by atoms with Crippen LogP contribution < -0.4 is 0 Å². The summed E-state index contributed by atoms with van der Waals surface area (Å²) in [5.41, 5.74) is 0. The maximum atomic E-state index is 12.1. The summed E-state index contributed by atoms with van der Waals surface area (Å²) in [6.07, 6.45) is 5.49. The van der Waals surface area contributed by atoms with Gasteiger partial charge in [0.05, 0.1) is 11.9 Å². The quantitative estimate of drug-likeness (QED) is 0.808. The van der Waals surface area contributed by atoms with Gasteiger partial charge in [0.25, 0.3) is 0 Å². The van der Waals surface area contributed by atoms with Gasteiger partial charge >= 0.3 is 0 Å². The van der Waals surface area contributed by atoms with E-state index in [1.54, 1.807) is 0 Å². The fourth-order valence-electron chi connectivity index (χ4n) is 2.75. The lowest BCUT2D eigenvalue weighted by Crippen LogP contribution is -2.43. The predicted molar refractivity (Wildman–Crippen MR) is 62.6 cm³/mol. The Labute approximate surface area is 97.7 Å². The zero-order chi connectivity index (χ0) is 11.6. The Morgan fingerprint density at radius 3 is 2.44 bits per heavy atom. The van der Waals surface area contributed by atoms with E-state index in [9.17, 15) is 13.5 Å². The van der Waals surface area contributed by atoms with Crippen LogP contribution >= 0.6 is 0 Å². The lowest BCUT2D eigenvalue weighted by atomic mass is 10.1. The average Bonchev–Trinajstić information content (AvgIpc) is 2.70. The first-order valence-corrected chi connectivity index (χ1v) is 7.85. The molecule has 4 nitrogen and oxygen atoms in total. The Hall–Kier alpha value is -0.130. The van der Waals surface area contributed by atoms with Gasteiger partial charge in [-0.25, -0.2) is 8.42 Å². The minimum Gasteiger partial charge on any atom is -0.392 e. The smallest absolute Gasteiger partial charge is 0.214 e. The Kier molecular flexibility index (Phi) is 3.87. The van der Waals surface area contributed by atoms with Crippen LogP contribution in [0, 0.1) is 5.92 Å². The fraction of sp³-hybridized carbons (Fsp3) is 1.00. The van der Waals surface area contributed by atoms with Gasteiger partial charge in [-0.3, -0.25) is 0 Å². The number of rotatable bonds is 3. The van der Waals surface area contributed by atoms with Gasteiger partial charge in [0.15, 0.2) is 0 Å². The second-order valence-corrected chi connectivity index (χ2v) is 7.10. The zero-order valence-corrected chi connectivity index (χ0v) is 10.5. The van der Waals surface area contributed by atoms with E-state index in [4.69, 9.17) is 0 Å². The van der Waals surface area contributed by atoms with Crippen LogP contribution in [0.15, 0.2) is 0 Å². The summed E-state index contributed by atoms with van der Waals surface area (Å²) in [7, 11) is -3.13. The number of hydrogen-bond acceptors (Lipinski definition) is 3. The van der Waals surface area contributed by atoms with Crippen molar-refractivity contribution in [2.24, 2.45) is 5.92 Å². The molecule has 1 atom stereocenters. The molecule has 5 heteroatoms. The van der Waals surface area contributed by atoms with E-state index in [0.29, 0.717) is 24.8 Å². The van der Waals surface area contributed by atoms with Gasteiger partial charge < -0.3 is 5.11 Å². The summed E-state index contributed by atoms with van der Waals surface area (Å²) in [5, 5.41) is 9.50. The van der Waals surface area contributed by atoms with Crippen LogP contribution in [0.2, 0.25) is 0 Å². The molecular formula is C11H21NO3S. The van der Waals surface area contributed by atoms with Crippen LogP contribution in [0.1, 0.15) is 38.5 Å². The molecule has 1 aliphatic carbocycles. The first-order valence-electron chi connectivity index (χ1n) is 6.24. The third-order valence-corrected chi connectivity index (χ3v) is 5.68. The molecule has 94 valence electrons. The van der Waals surface area contributed by atoms with Crippen LogP contribution in [-0.2, 0) is 10.0 Å². The van der Waals surface area contributed by atoms with Crippen LogP contribution in [0.5, 0.6) is 0 Å². The van der Waals surface area contributed by atoms with Gasteiger partial charge in [0, 0.05) is 13.1 Å². The molecule has 0 aromatic heterocycles. The van der Waals surface area contributed by atoms with E-state index in [0.717, 1.165) is 25.7 Å². The Bertz CT molecular complexity index is 322. The van der Waals surface area contributed by atoms with Crippen molar-refractivity contribution in [1.82, 2.24) is 4.31 Å². The number of aliphatic hydroxyl groups is 1. The normalized spacial score (nSPS) is 29.7. The van der Waals surface area contributed by atoms with Gasteiger partial charge in [-0.2, -0.15) is 4.31 Å². The van der Waals surface area contributed by atoms with Crippen molar-refractivity contribution in [3.63, 3.8) is 0 Å². The predicted octanol–water partition coefficient (Wildman–Crippen LogP) is 0.963. The van der Waals surface area contributed by atoms with Gasteiger partial charge in [-0.15, -0.1) is 0 Å². The standard InChI is InChI=1S/C11H21NO3S/c13-11-6-3-7-12(8-11)16(14,15)9-10-4-1-2-5-10/h10-11,13H,1-9H2. The molecule has 0 amide bonds. The van der Waals surface area contributed by atoms with Crippen LogP contribution in [-0.4, -0.2) is 42.8 Å². The van der Waals surface area contributed by atoms with E-state index in [1.165, 1.54) is 17.1 Å². The number of sulfonamides is 1. The van der Waals surface area contributed by atoms with Crippen LogP contribution in [0.4, 0.5) is 0 Å². The monoisotopic (exact) mass is 247 g/mol. The summed E-state index contributed by atoms with van der Waals surface area (Å²) in [6.45, 7) is 0.890. The number of β-amino-alcohol motifs (C(OH)–C–C–N with tert-alkyl or cyclic N) is 1. The fourth-order valence-corrected chi connectivity index (χ4v) is 4.70. The summed E-state index contributed by atoms with van der Waals surface area (Å²) in [4.78, 5) is 0. The first-order chi connectivity index (χ1) is 7.58. The van der Waals surface area contributed by atoms with E-state index in [2.05, 4.69) is 0 Å². The Morgan fingerprint density at radius 2 is 1.81 bits per heavy atom. The largest absolute Gasteiger partial charge is 0.392 e. The molecule has 0 aromatic carbocycles. The molecule has 2 rings (SSSR count). The van der Waals surface area contributed by atoms with Gasteiger partial charge in [0.2, 0.25) is 10.0 Å². The molecule has 16 heavy (non-hydrogen) atoms. The molecule has 0 radical (unpaired) electrons. The van der Waals surface area contributed by atoms with Crippen molar-refractivity contribution in [2.75, 3.05) is 18.8 Å². The number of hydrogen-bond donors (Lipinski definition) is 1. The second kappa shape index (κ2) is 5.02. The molecule has 2 aliphatic rings. The molecule has 1 heterocycles. The van der Waals surface area contributed by atoms with Crippen LogP contribution in [0.3, 0.4) is 0 Å². The molecule has 0 bridgehead atoms. The maximum absolute atomic E-state index is 12.1. The highest BCUT2D eigenvalue weighted by Crippen LogP contribution is 2.27. The molecule has 2 fully saturated rings. The maximum Gasteiger partial charge on any atom is 0.214 e. The summed E-state index contributed by atoms with van der Waals surface area (Å²) in [5.74, 6) is 0.642. The summed E-state index contributed by atoms with van der Waals surface area (Å²) >= 11 is 0. The molecule has 1 N–H and O–H groups in total. The third-order valence-electron chi connectivity index (χ3n) is 3.67. The van der Waals surface area contributed by atoms with E-state index < -0.39 is 16.1 Å². The van der Waals surface area contributed by atoms with Crippen LogP contribution in [0.25, 0.3) is 0 Å². The topological polar surface area (TPSA) is 57.6 Å². The minimum absolute atomic E-state index is 0.291.